The molecule has 36 heavy (non-hydrogen) atoms. The Morgan fingerprint density at radius 2 is 0.667 bits per heavy atom. The average Bonchev–Trinajstić information content (AvgIpc) is 2.93. The first kappa shape index (κ1) is 23.2. The van der Waals surface area contributed by atoms with E-state index in [2.05, 4.69) is 24.3 Å². The molecule has 2 heteroatoms. The number of carbonyl (C=O) groups is 2. The summed E-state index contributed by atoms with van der Waals surface area (Å²) in [7, 11) is 0. The molecule has 5 aromatic carbocycles. The summed E-state index contributed by atoms with van der Waals surface area (Å²) in [6.45, 7) is 3.91. The number of carbonyl (C=O) groups excluding carboxylic acids is 2. The summed E-state index contributed by atoms with van der Waals surface area (Å²) in [5.41, 5.74) is 9.09. The van der Waals surface area contributed by atoms with Crippen LogP contribution >= 0.6 is 0 Å². The normalized spacial score (nSPS) is 10.7. The van der Waals surface area contributed by atoms with Crippen molar-refractivity contribution < 1.29 is 9.59 Å². The molecule has 0 aliphatic rings. The Morgan fingerprint density at radius 1 is 0.389 bits per heavy atom. The zero-order valence-corrected chi connectivity index (χ0v) is 20.4. The van der Waals surface area contributed by atoms with E-state index in [9.17, 15) is 9.59 Å². The lowest BCUT2D eigenvalue weighted by Crippen LogP contribution is -2.03. The molecule has 0 unspecified atom stereocenters. The smallest absolute Gasteiger partial charge is 0.193 e. The van der Waals surface area contributed by atoms with Gasteiger partial charge in [-0.3, -0.25) is 9.59 Å². The van der Waals surface area contributed by atoms with Crippen LogP contribution in [0.4, 0.5) is 0 Å². The molecule has 2 nitrogen and oxygen atoms in total. The zero-order chi connectivity index (χ0) is 25.1. The maximum Gasteiger partial charge on any atom is 0.193 e. The molecule has 5 aromatic rings. The molecule has 0 bridgehead atoms. The van der Waals surface area contributed by atoms with E-state index >= 15 is 0 Å². The van der Waals surface area contributed by atoms with Gasteiger partial charge in [-0.2, -0.15) is 0 Å². The van der Waals surface area contributed by atoms with Crippen LogP contribution in [0.5, 0.6) is 0 Å². The summed E-state index contributed by atoms with van der Waals surface area (Å²) in [5, 5.41) is 0. The number of hydrogen-bond acceptors (Lipinski definition) is 2. The predicted octanol–water partition coefficient (Wildman–Crippen LogP) is 8.10. The molecule has 0 amide bonds. The lowest BCUT2D eigenvalue weighted by molar-refractivity contribution is 0.103. The molecule has 174 valence electrons. The lowest BCUT2D eigenvalue weighted by atomic mass is 9.95. The van der Waals surface area contributed by atoms with Crippen LogP contribution in [0.15, 0.2) is 121 Å². The fourth-order valence-electron chi connectivity index (χ4n) is 4.45. The van der Waals surface area contributed by atoms with Gasteiger partial charge in [0.1, 0.15) is 0 Å². The van der Waals surface area contributed by atoms with Crippen molar-refractivity contribution in [3.63, 3.8) is 0 Å². The first-order chi connectivity index (χ1) is 17.5. The highest BCUT2D eigenvalue weighted by Crippen LogP contribution is 2.27. The van der Waals surface area contributed by atoms with Crippen LogP contribution in [0.25, 0.3) is 22.3 Å². The molecule has 0 saturated carbocycles. The SMILES string of the molecule is Cc1ccccc1C(=O)c1ccc(-c2ccc(-c3ccc(C(=O)c4ccccc4C)cc3)cc2)cc1. The van der Waals surface area contributed by atoms with E-state index in [1.54, 1.807) is 0 Å². The molecule has 0 aromatic heterocycles. The molecular weight excluding hydrogens is 440 g/mol. The van der Waals surface area contributed by atoms with Crippen molar-refractivity contribution in [3.05, 3.63) is 155 Å². The van der Waals surface area contributed by atoms with Crippen molar-refractivity contribution >= 4 is 11.6 Å². The molecule has 0 atom stereocenters. The van der Waals surface area contributed by atoms with Gasteiger partial charge in [0.15, 0.2) is 11.6 Å². The maximum atomic E-state index is 12.9. The molecule has 0 N–H and O–H groups in total. The third-order valence-electron chi connectivity index (χ3n) is 6.63. The molecule has 0 radical (unpaired) electrons. The van der Waals surface area contributed by atoms with Crippen LogP contribution in [0.2, 0.25) is 0 Å². The highest BCUT2D eigenvalue weighted by molar-refractivity contribution is 6.10. The van der Waals surface area contributed by atoms with Crippen molar-refractivity contribution in [2.75, 3.05) is 0 Å². The van der Waals surface area contributed by atoms with Gasteiger partial charge in [0, 0.05) is 22.3 Å². The van der Waals surface area contributed by atoms with E-state index in [-0.39, 0.29) is 11.6 Å². The maximum absolute atomic E-state index is 12.9. The zero-order valence-electron chi connectivity index (χ0n) is 20.4. The number of aryl methyl sites for hydroxylation is 2. The molecular formula is C34H26O2. The van der Waals surface area contributed by atoms with Crippen LogP contribution in [0.3, 0.4) is 0 Å². The summed E-state index contributed by atoms with van der Waals surface area (Å²) >= 11 is 0. The van der Waals surface area contributed by atoms with Gasteiger partial charge < -0.3 is 0 Å². The Balaban J connectivity index is 1.32. The molecule has 0 aliphatic carbocycles. The first-order valence-electron chi connectivity index (χ1n) is 12.0. The summed E-state index contributed by atoms with van der Waals surface area (Å²) in [4.78, 5) is 25.7. The minimum Gasteiger partial charge on any atom is -0.289 e. The highest BCUT2D eigenvalue weighted by atomic mass is 16.1. The largest absolute Gasteiger partial charge is 0.289 e. The van der Waals surface area contributed by atoms with Crippen LogP contribution in [0, 0.1) is 13.8 Å². The summed E-state index contributed by atoms with van der Waals surface area (Å²) in [5.74, 6) is 0.0821. The Hall–Kier alpha value is -4.56. The number of ketones is 2. The molecule has 0 heterocycles. The lowest BCUT2D eigenvalue weighted by Gasteiger charge is -2.08. The Labute approximate surface area is 211 Å². The standard InChI is InChI=1S/C34H26O2/c1-23-7-3-5-9-31(23)33(35)29-19-15-27(16-20-29)25-11-13-26(14-12-25)28-17-21-30(22-18-28)34(36)32-10-6-4-8-24(32)2/h3-22H,1-2H3. The monoisotopic (exact) mass is 466 g/mol. The number of rotatable bonds is 6. The topological polar surface area (TPSA) is 34.1 Å². The Bertz CT molecular complexity index is 1420. The summed E-state index contributed by atoms with van der Waals surface area (Å²) in [6, 6.07) is 39.2. The second kappa shape index (κ2) is 9.97. The highest BCUT2D eigenvalue weighted by Gasteiger charge is 2.13. The van der Waals surface area contributed by atoms with E-state index in [1.807, 2.05) is 111 Å². The molecule has 0 fully saturated rings. The van der Waals surface area contributed by atoms with Gasteiger partial charge in [-0.15, -0.1) is 0 Å². The van der Waals surface area contributed by atoms with Crippen molar-refractivity contribution in [2.24, 2.45) is 0 Å². The molecule has 5 rings (SSSR count). The van der Waals surface area contributed by atoms with Gasteiger partial charge in [-0.1, -0.05) is 121 Å². The van der Waals surface area contributed by atoms with Crippen LogP contribution in [-0.4, -0.2) is 11.6 Å². The first-order valence-corrected chi connectivity index (χ1v) is 12.0. The minimum absolute atomic E-state index is 0.0411. The molecule has 0 aliphatic heterocycles. The van der Waals surface area contributed by atoms with Crippen molar-refractivity contribution in [1.29, 1.82) is 0 Å². The van der Waals surface area contributed by atoms with Gasteiger partial charge in [0.25, 0.3) is 0 Å². The van der Waals surface area contributed by atoms with Gasteiger partial charge in [0.2, 0.25) is 0 Å². The number of hydrogen-bond donors (Lipinski definition) is 0. The second-order valence-electron chi connectivity index (χ2n) is 9.02. The van der Waals surface area contributed by atoms with Gasteiger partial charge in [-0.25, -0.2) is 0 Å². The van der Waals surface area contributed by atoms with Gasteiger partial charge in [-0.05, 0) is 47.2 Å². The van der Waals surface area contributed by atoms with Crippen molar-refractivity contribution in [2.45, 2.75) is 13.8 Å². The minimum atomic E-state index is 0.0411. The van der Waals surface area contributed by atoms with E-state index in [0.717, 1.165) is 44.5 Å². The fourth-order valence-corrected chi connectivity index (χ4v) is 4.45. The quantitative estimate of drug-likeness (QED) is 0.237. The van der Waals surface area contributed by atoms with E-state index in [0.29, 0.717) is 11.1 Å². The van der Waals surface area contributed by atoms with Crippen molar-refractivity contribution in [3.8, 4) is 22.3 Å². The predicted molar refractivity (Wildman–Crippen MR) is 147 cm³/mol. The van der Waals surface area contributed by atoms with Gasteiger partial charge in [0.05, 0.1) is 0 Å². The van der Waals surface area contributed by atoms with Crippen molar-refractivity contribution in [1.82, 2.24) is 0 Å². The third kappa shape index (κ3) is 4.67. The second-order valence-corrected chi connectivity index (χ2v) is 9.02. The van der Waals surface area contributed by atoms with E-state index in [4.69, 9.17) is 0 Å². The molecule has 0 saturated heterocycles. The third-order valence-corrected chi connectivity index (χ3v) is 6.63. The van der Waals surface area contributed by atoms with E-state index in [1.165, 1.54) is 0 Å². The average molecular weight is 467 g/mol. The van der Waals surface area contributed by atoms with Crippen LogP contribution in [-0.2, 0) is 0 Å². The Morgan fingerprint density at radius 3 is 0.972 bits per heavy atom. The van der Waals surface area contributed by atoms with Gasteiger partial charge >= 0.3 is 0 Å². The van der Waals surface area contributed by atoms with Crippen LogP contribution in [0.1, 0.15) is 43.0 Å². The number of benzene rings is 5. The van der Waals surface area contributed by atoms with Crippen LogP contribution < -0.4 is 0 Å². The Kier molecular flexibility index (Phi) is 6.42. The molecule has 0 spiro atoms. The fraction of sp³-hybridized carbons (Fsp3) is 0.0588. The summed E-state index contributed by atoms with van der Waals surface area (Å²) in [6.07, 6.45) is 0. The summed E-state index contributed by atoms with van der Waals surface area (Å²) < 4.78 is 0. The van der Waals surface area contributed by atoms with E-state index < -0.39 is 0 Å².